The molecule has 9 nitrogen and oxygen atoms in total. The molecule has 0 aliphatic carbocycles. The Morgan fingerprint density at radius 3 is 2.31 bits per heavy atom. The van der Waals surface area contributed by atoms with Gasteiger partial charge in [-0.15, -0.1) is 0 Å². The first-order valence-corrected chi connectivity index (χ1v) is 10.8. The van der Waals surface area contributed by atoms with Crippen molar-refractivity contribution in [3.63, 3.8) is 0 Å². The van der Waals surface area contributed by atoms with Gasteiger partial charge < -0.3 is 19.7 Å². The number of carbonyl (C=O) groups is 2. The number of hydrogen-bond donors (Lipinski definition) is 3. The summed E-state index contributed by atoms with van der Waals surface area (Å²) in [6, 6.07) is 8.99. The molecule has 2 atom stereocenters. The maximum atomic E-state index is 13.0. The van der Waals surface area contributed by atoms with Crippen LogP contribution in [0.1, 0.15) is 30.9 Å². The van der Waals surface area contributed by atoms with Gasteiger partial charge in [0.2, 0.25) is 11.8 Å². The van der Waals surface area contributed by atoms with Crippen LogP contribution in [0.25, 0.3) is 0 Å². The number of piperidine rings is 1. The zero-order valence-corrected chi connectivity index (χ0v) is 18.3. The SMILES string of the molecule is COc1cc(NC(=O)C2CCN(C(=O)C3CC(c4ccncc4)NN3)CC2)cc(OC)c1. The summed E-state index contributed by atoms with van der Waals surface area (Å²) < 4.78 is 10.5. The highest BCUT2D eigenvalue weighted by Gasteiger charge is 2.35. The Kier molecular flexibility index (Phi) is 6.87. The first-order valence-electron chi connectivity index (χ1n) is 10.8. The van der Waals surface area contributed by atoms with E-state index in [0.717, 1.165) is 5.56 Å². The number of hydrogen-bond acceptors (Lipinski definition) is 7. The zero-order chi connectivity index (χ0) is 22.5. The minimum atomic E-state index is -0.275. The minimum Gasteiger partial charge on any atom is -0.497 e. The van der Waals surface area contributed by atoms with Crippen molar-refractivity contribution in [3.8, 4) is 11.5 Å². The Hall–Kier alpha value is -3.17. The molecule has 2 amide bonds. The van der Waals surface area contributed by atoms with Crippen LogP contribution in [0, 0.1) is 5.92 Å². The van der Waals surface area contributed by atoms with Crippen LogP contribution < -0.4 is 25.6 Å². The molecule has 9 heteroatoms. The Balaban J connectivity index is 1.28. The number of rotatable bonds is 6. The van der Waals surface area contributed by atoms with Crippen molar-refractivity contribution in [2.45, 2.75) is 31.3 Å². The normalized spacial score (nSPS) is 21.2. The molecule has 1 aromatic heterocycles. The molecule has 2 aliphatic rings. The van der Waals surface area contributed by atoms with E-state index in [2.05, 4.69) is 21.2 Å². The molecule has 1 aromatic carbocycles. The number of nitrogens with zero attached hydrogens (tertiary/aromatic N) is 2. The largest absolute Gasteiger partial charge is 0.497 e. The average Bonchev–Trinajstić information content (AvgIpc) is 3.34. The van der Waals surface area contributed by atoms with Crippen LogP contribution in [0.4, 0.5) is 5.69 Å². The second kappa shape index (κ2) is 9.97. The molecule has 2 fully saturated rings. The summed E-state index contributed by atoms with van der Waals surface area (Å²) in [6.45, 7) is 1.13. The summed E-state index contributed by atoms with van der Waals surface area (Å²) in [5.74, 6) is 1.11. The van der Waals surface area contributed by atoms with E-state index in [0.29, 0.717) is 49.5 Å². The molecule has 3 heterocycles. The third kappa shape index (κ3) is 5.00. The van der Waals surface area contributed by atoms with Gasteiger partial charge in [-0.3, -0.25) is 14.6 Å². The lowest BCUT2D eigenvalue weighted by Crippen LogP contribution is -2.49. The molecule has 0 radical (unpaired) electrons. The maximum Gasteiger partial charge on any atom is 0.241 e. The smallest absolute Gasteiger partial charge is 0.241 e. The second-order valence-electron chi connectivity index (χ2n) is 8.10. The number of amides is 2. The van der Waals surface area contributed by atoms with Gasteiger partial charge in [0.25, 0.3) is 0 Å². The van der Waals surface area contributed by atoms with Crippen molar-refractivity contribution in [2.24, 2.45) is 5.92 Å². The molecule has 2 aromatic rings. The fourth-order valence-electron chi connectivity index (χ4n) is 4.24. The van der Waals surface area contributed by atoms with Crippen molar-refractivity contribution in [2.75, 3.05) is 32.6 Å². The lowest BCUT2D eigenvalue weighted by atomic mass is 9.94. The van der Waals surface area contributed by atoms with E-state index in [-0.39, 0.29) is 29.8 Å². The second-order valence-corrected chi connectivity index (χ2v) is 8.10. The first-order chi connectivity index (χ1) is 15.6. The number of methoxy groups -OCH3 is 2. The van der Waals surface area contributed by atoms with Crippen molar-refractivity contribution < 1.29 is 19.1 Å². The first kappa shape index (κ1) is 22.0. The summed E-state index contributed by atoms with van der Waals surface area (Å²) in [6.07, 6.45) is 5.45. The zero-order valence-electron chi connectivity index (χ0n) is 18.3. The fourth-order valence-corrected chi connectivity index (χ4v) is 4.24. The monoisotopic (exact) mass is 439 g/mol. The van der Waals surface area contributed by atoms with Crippen LogP contribution >= 0.6 is 0 Å². The molecule has 2 unspecified atom stereocenters. The van der Waals surface area contributed by atoms with E-state index in [1.165, 1.54) is 0 Å². The summed E-state index contributed by atoms with van der Waals surface area (Å²) in [5.41, 5.74) is 8.07. The predicted molar refractivity (Wildman–Crippen MR) is 119 cm³/mol. The third-order valence-electron chi connectivity index (χ3n) is 6.11. The molecule has 4 rings (SSSR count). The highest BCUT2D eigenvalue weighted by Crippen LogP contribution is 2.28. The van der Waals surface area contributed by atoms with E-state index < -0.39 is 0 Å². The van der Waals surface area contributed by atoms with Crippen LogP contribution in [0.15, 0.2) is 42.7 Å². The molecule has 32 heavy (non-hydrogen) atoms. The van der Waals surface area contributed by atoms with Crippen molar-refractivity contribution in [3.05, 3.63) is 48.3 Å². The van der Waals surface area contributed by atoms with Crippen LogP contribution in [-0.4, -0.2) is 55.0 Å². The van der Waals surface area contributed by atoms with E-state index >= 15 is 0 Å². The van der Waals surface area contributed by atoms with Gasteiger partial charge in [-0.05, 0) is 37.0 Å². The van der Waals surface area contributed by atoms with Crippen molar-refractivity contribution in [1.29, 1.82) is 0 Å². The van der Waals surface area contributed by atoms with Gasteiger partial charge in [0, 0.05) is 61.3 Å². The summed E-state index contributed by atoms with van der Waals surface area (Å²) in [5, 5.41) is 2.95. The quantitative estimate of drug-likeness (QED) is 0.631. The highest BCUT2D eigenvalue weighted by atomic mass is 16.5. The molecule has 0 bridgehead atoms. The Morgan fingerprint density at radius 2 is 1.69 bits per heavy atom. The van der Waals surface area contributed by atoms with Gasteiger partial charge in [0.05, 0.1) is 14.2 Å². The number of aromatic nitrogens is 1. The Morgan fingerprint density at radius 1 is 1.03 bits per heavy atom. The van der Waals surface area contributed by atoms with E-state index in [1.54, 1.807) is 44.8 Å². The molecular weight excluding hydrogens is 410 g/mol. The third-order valence-corrected chi connectivity index (χ3v) is 6.11. The lowest BCUT2D eigenvalue weighted by molar-refractivity contribution is -0.136. The van der Waals surface area contributed by atoms with E-state index in [1.807, 2.05) is 17.0 Å². The topological polar surface area (TPSA) is 105 Å². The van der Waals surface area contributed by atoms with E-state index in [4.69, 9.17) is 9.47 Å². The molecule has 3 N–H and O–H groups in total. The standard InChI is InChI=1S/C23H29N5O4/c1-31-18-11-17(12-19(13-18)32-2)25-22(29)16-5-9-28(10-6-16)23(30)21-14-20(26-27-21)15-3-7-24-8-4-15/h3-4,7-8,11-13,16,20-21,26-27H,5-6,9-10,14H2,1-2H3,(H,25,29). The predicted octanol–water partition coefficient (Wildman–Crippen LogP) is 1.88. The Bertz CT molecular complexity index is 924. The van der Waals surface area contributed by atoms with Gasteiger partial charge in [-0.25, -0.2) is 10.9 Å². The van der Waals surface area contributed by atoms with Gasteiger partial charge in [-0.2, -0.15) is 0 Å². The van der Waals surface area contributed by atoms with Crippen LogP contribution in [-0.2, 0) is 9.59 Å². The summed E-state index contributed by atoms with van der Waals surface area (Å²) in [4.78, 5) is 31.6. The van der Waals surface area contributed by atoms with Gasteiger partial charge in [0.15, 0.2) is 0 Å². The average molecular weight is 440 g/mol. The van der Waals surface area contributed by atoms with E-state index in [9.17, 15) is 9.59 Å². The number of benzene rings is 1. The maximum absolute atomic E-state index is 13.0. The number of pyridine rings is 1. The van der Waals surface area contributed by atoms with Crippen LogP contribution in [0.3, 0.4) is 0 Å². The molecule has 170 valence electrons. The van der Waals surface area contributed by atoms with Gasteiger partial charge in [0.1, 0.15) is 17.5 Å². The van der Waals surface area contributed by atoms with Gasteiger partial charge >= 0.3 is 0 Å². The Labute approximate surface area is 187 Å². The van der Waals surface area contributed by atoms with Crippen LogP contribution in [0.5, 0.6) is 11.5 Å². The minimum absolute atomic E-state index is 0.0502. The summed E-state index contributed by atoms with van der Waals surface area (Å²) >= 11 is 0. The fraction of sp³-hybridized carbons (Fsp3) is 0.435. The molecule has 0 spiro atoms. The van der Waals surface area contributed by atoms with Crippen molar-refractivity contribution in [1.82, 2.24) is 20.7 Å². The number of nitrogens with one attached hydrogen (secondary N) is 3. The van der Waals surface area contributed by atoms with Crippen molar-refractivity contribution >= 4 is 17.5 Å². The van der Waals surface area contributed by atoms with Crippen LogP contribution in [0.2, 0.25) is 0 Å². The number of anilines is 1. The number of carbonyl (C=O) groups excluding carboxylic acids is 2. The molecular formula is C23H29N5O4. The highest BCUT2D eigenvalue weighted by molar-refractivity contribution is 5.93. The number of ether oxygens (including phenoxy) is 2. The van der Waals surface area contributed by atoms with Gasteiger partial charge in [-0.1, -0.05) is 0 Å². The molecule has 0 saturated carbocycles. The molecule has 2 aliphatic heterocycles. The summed E-state index contributed by atoms with van der Waals surface area (Å²) in [7, 11) is 3.14. The lowest BCUT2D eigenvalue weighted by Gasteiger charge is -2.32. The molecule has 2 saturated heterocycles. The number of hydrazine groups is 1. The number of likely N-dealkylation sites (tertiary alicyclic amines) is 1.